The Kier molecular flexibility index (Phi) is 2.61. The van der Waals surface area contributed by atoms with Crippen LogP contribution in [0.2, 0.25) is 0 Å². The van der Waals surface area contributed by atoms with Gasteiger partial charge in [-0.1, -0.05) is 12.1 Å². The molecule has 0 saturated carbocycles. The monoisotopic (exact) mass is 270 g/mol. The maximum atomic E-state index is 12.0. The Labute approximate surface area is 113 Å². The second-order valence-electron chi connectivity index (χ2n) is 4.34. The number of phenolic OH excluding ortho intramolecular Hbond substituents is 2. The number of phenols is 2. The molecule has 20 heavy (non-hydrogen) atoms. The maximum Gasteiger partial charge on any atom is 0.347 e. The average molecular weight is 270 g/mol. The highest BCUT2D eigenvalue weighted by Gasteiger charge is 2.16. The fourth-order valence-corrected chi connectivity index (χ4v) is 2.06. The number of benzene rings is 2. The summed E-state index contributed by atoms with van der Waals surface area (Å²) in [5.74, 6) is -0.220. The van der Waals surface area contributed by atoms with E-state index in [4.69, 9.17) is 4.42 Å². The fraction of sp³-hybridized carbons (Fsp3) is 0. The lowest BCUT2D eigenvalue weighted by molar-refractivity contribution is 0.464. The summed E-state index contributed by atoms with van der Waals surface area (Å²) in [6.45, 7) is 0. The molecule has 0 amide bonds. The molecule has 2 aromatic carbocycles. The summed E-state index contributed by atoms with van der Waals surface area (Å²) in [6.07, 6.45) is 0. The van der Waals surface area contributed by atoms with E-state index < -0.39 is 5.63 Å². The topological polar surface area (TPSA) is 90.9 Å². The highest BCUT2D eigenvalue weighted by molar-refractivity contribution is 5.90. The van der Waals surface area contributed by atoms with Crippen LogP contribution >= 0.6 is 0 Å². The van der Waals surface area contributed by atoms with Crippen molar-refractivity contribution in [2.75, 3.05) is 0 Å². The first-order valence-corrected chi connectivity index (χ1v) is 5.84. The van der Waals surface area contributed by atoms with E-state index in [1.54, 1.807) is 0 Å². The third-order valence-electron chi connectivity index (χ3n) is 3.02. The molecule has 1 heterocycles. The molecule has 3 N–H and O–H groups in total. The predicted molar refractivity (Wildman–Crippen MR) is 72.9 cm³/mol. The first-order valence-electron chi connectivity index (χ1n) is 5.84. The zero-order chi connectivity index (χ0) is 14.3. The second kappa shape index (κ2) is 4.31. The molecule has 5 nitrogen and oxygen atoms in total. The molecule has 0 saturated heterocycles. The Bertz CT molecular complexity index is 847. The van der Waals surface area contributed by atoms with Crippen LogP contribution in [0.5, 0.6) is 17.2 Å². The Morgan fingerprint density at radius 3 is 2.20 bits per heavy atom. The van der Waals surface area contributed by atoms with Crippen LogP contribution in [0.25, 0.3) is 22.1 Å². The van der Waals surface area contributed by atoms with Gasteiger partial charge in [-0.15, -0.1) is 0 Å². The van der Waals surface area contributed by atoms with E-state index in [1.807, 2.05) is 0 Å². The molecule has 5 heteroatoms. The average Bonchev–Trinajstić information content (AvgIpc) is 2.40. The third kappa shape index (κ3) is 1.85. The van der Waals surface area contributed by atoms with Gasteiger partial charge in [0.05, 0.1) is 5.39 Å². The van der Waals surface area contributed by atoms with Crippen LogP contribution in [0.3, 0.4) is 0 Å². The van der Waals surface area contributed by atoms with Gasteiger partial charge in [-0.2, -0.15) is 0 Å². The van der Waals surface area contributed by atoms with Crippen LogP contribution < -0.4 is 5.63 Å². The van der Waals surface area contributed by atoms with Crippen LogP contribution in [-0.4, -0.2) is 15.3 Å². The molecule has 0 aliphatic heterocycles. The predicted octanol–water partition coefficient (Wildman–Crippen LogP) is 2.58. The van der Waals surface area contributed by atoms with Crippen molar-refractivity contribution in [2.45, 2.75) is 0 Å². The van der Waals surface area contributed by atoms with E-state index in [0.29, 0.717) is 10.9 Å². The molecule has 0 aliphatic rings. The van der Waals surface area contributed by atoms with Crippen LogP contribution in [0.15, 0.2) is 51.7 Å². The Morgan fingerprint density at radius 2 is 1.50 bits per heavy atom. The number of hydrogen-bond acceptors (Lipinski definition) is 5. The van der Waals surface area contributed by atoms with Gasteiger partial charge in [0.25, 0.3) is 0 Å². The van der Waals surface area contributed by atoms with Gasteiger partial charge in [0.15, 0.2) is 0 Å². The summed E-state index contributed by atoms with van der Waals surface area (Å²) < 4.78 is 5.10. The van der Waals surface area contributed by atoms with Crippen molar-refractivity contribution in [2.24, 2.45) is 0 Å². The summed E-state index contributed by atoms with van der Waals surface area (Å²) >= 11 is 0. The Morgan fingerprint density at radius 1 is 0.850 bits per heavy atom. The molecule has 0 radical (unpaired) electrons. The minimum Gasteiger partial charge on any atom is -0.508 e. The van der Waals surface area contributed by atoms with Gasteiger partial charge in [0.1, 0.15) is 28.4 Å². The van der Waals surface area contributed by atoms with E-state index in [2.05, 4.69) is 0 Å². The SMILES string of the molecule is O=c1oc2cc(O)ccc2c(O)c1-c1ccc(O)cc1. The summed E-state index contributed by atoms with van der Waals surface area (Å²) in [4.78, 5) is 12.0. The fourth-order valence-electron chi connectivity index (χ4n) is 2.06. The number of aromatic hydroxyl groups is 3. The Balaban J connectivity index is 2.34. The van der Waals surface area contributed by atoms with Crippen molar-refractivity contribution in [1.82, 2.24) is 0 Å². The molecule has 0 atom stereocenters. The zero-order valence-corrected chi connectivity index (χ0v) is 10.2. The molecule has 1 aromatic heterocycles. The lowest BCUT2D eigenvalue weighted by Crippen LogP contribution is -2.03. The summed E-state index contributed by atoms with van der Waals surface area (Å²) in [5.41, 5.74) is -0.159. The van der Waals surface area contributed by atoms with Crippen molar-refractivity contribution in [3.63, 3.8) is 0 Å². The minimum atomic E-state index is -0.716. The van der Waals surface area contributed by atoms with Gasteiger partial charge >= 0.3 is 5.63 Å². The highest BCUT2D eigenvalue weighted by Crippen LogP contribution is 2.34. The molecular weight excluding hydrogens is 260 g/mol. The summed E-state index contributed by atoms with van der Waals surface area (Å²) in [6, 6.07) is 9.96. The van der Waals surface area contributed by atoms with Crippen molar-refractivity contribution in [3.05, 3.63) is 52.9 Å². The van der Waals surface area contributed by atoms with Crippen molar-refractivity contribution >= 4 is 11.0 Å². The van der Waals surface area contributed by atoms with Crippen molar-refractivity contribution < 1.29 is 19.7 Å². The lowest BCUT2D eigenvalue weighted by Gasteiger charge is -2.06. The van der Waals surface area contributed by atoms with Gasteiger partial charge in [-0.3, -0.25) is 0 Å². The standard InChI is InChI=1S/C15H10O5/c16-9-3-1-8(2-4-9)13-14(18)11-6-5-10(17)7-12(11)20-15(13)19/h1-7,16-18H. The van der Waals surface area contributed by atoms with Crippen molar-refractivity contribution in [1.29, 1.82) is 0 Å². The summed E-state index contributed by atoms with van der Waals surface area (Å²) in [7, 11) is 0. The molecule has 0 fully saturated rings. The molecule has 0 bridgehead atoms. The highest BCUT2D eigenvalue weighted by atomic mass is 16.4. The Hall–Kier alpha value is -2.95. The number of fused-ring (bicyclic) bond motifs is 1. The molecule has 3 rings (SSSR count). The first-order chi connectivity index (χ1) is 9.56. The van der Waals surface area contributed by atoms with E-state index in [0.717, 1.165) is 0 Å². The van der Waals surface area contributed by atoms with Crippen LogP contribution in [0.1, 0.15) is 0 Å². The van der Waals surface area contributed by atoms with Gasteiger partial charge in [-0.05, 0) is 29.8 Å². The second-order valence-corrected chi connectivity index (χ2v) is 4.34. The maximum absolute atomic E-state index is 12.0. The van der Waals surface area contributed by atoms with E-state index in [-0.39, 0.29) is 28.4 Å². The third-order valence-corrected chi connectivity index (χ3v) is 3.02. The largest absolute Gasteiger partial charge is 0.508 e. The smallest absolute Gasteiger partial charge is 0.347 e. The number of rotatable bonds is 1. The van der Waals surface area contributed by atoms with Gasteiger partial charge in [0.2, 0.25) is 0 Å². The first kappa shape index (κ1) is 12.1. The van der Waals surface area contributed by atoms with Crippen LogP contribution in [0.4, 0.5) is 0 Å². The molecular formula is C15H10O5. The molecule has 0 aliphatic carbocycles. The molecule has 0 unspecified atom stereocenters. The van der Waals surface area contributed by atoms with E-state index in [9.17, 15) is 20.1 Å². The van der Waals surface area contributed by atoms with E-state index in [1.165, 1.54) is 42.5 Å². The molecule has 0 spiro atoms. The summed E-state index contributed by atoms with van der Waals surface area (Å²) in [5, 5.41) is 29.2. The van der Waals surface area contributed by atoms with Gasteiger partial charge in [-0.25, -0.2) is 4.79 Å². The van der Waals surface area contributed by atoms with Crippen LogP contribution in [0, 0.1) is 0 Å². The zero-order valence-electron chi connectivity index (χ0n) is 10.2. The quantitative estimate of drug-likeness (QED) is 0.591. The molecule has 3 aromatic rings. The normalized spacial score (nSPS) is 10.8. The van der Waals surface area contributed by atoms with Gasteiger partial charge in [0, 0.05) is 6.07 Å². The van der Waals surface area contributed by atoms with Crippen LogP contribution in [-0.2, 0) is 0 Å². The minimum absolute atomic E-state index is 0.0168. The lowest BCUT2D eigenvalue weighted by atomic mass is 10.0. The van der Waals surface area contributed by atoms with Crippen molar-refractivity contribution in [3.8, 4) is 28.4 Å². The molecule has 100 valence electrons. The van der Waals surface area contributed by atoms with E-state index >= 15 is 0 Å². The number of hydrogen-bond donors (Lipinski definition) is 3. The van der Waals surface area contributed by atoms with Gasteiger partial charge < -0.3 is 19.7 Å².